The van der Waals surface area contributed by atoms with Crippen LogP contribution in [-0.2, 0) is 0 Å². The number of fused-ring (bicyclic) bond motifs is 2. The number of nitrogens with one attached hydrogen (secondary N) is 1. The van der Waals surface area contributed by atoms with E-state index in [9.17, 15) is 13.6 Å². The highest BCUT2D eigenvalue weighted by Gasteiger charge is 2.25. The summed E-state index contributed by atoms with van der Waals surface area (Å²) in [7, 11) is 0. The summed E-state index contributed by atoms with van der Waals surface area (Å²) in [6.45, 7) is 2.28. The van der Waals surface area contributed by atoms with E-state index in [2.05, 4.69) is 9.97 Å². The number of carbonyl (C=O) groups is 1. The van der Waals surface area contributed by atoms with Crippen molar-refractivity contribution < 1.29 is 13.6 Å². The van der Waals surface area contributed by atoms with Crippen molar-refractivity contribution in [3.05, 3.63) is 59.8 Å². The van der Waals surface area contributed by atoms with Gasteiger partial charge in [0.1, 0.15) is 11.3 Å². The number of piperazine rings is 1. The number of amides is 1. The molecule has 0 unspecified atom stereocenters. The van der Waals surface area contributed by atoms with E-state index in [1.54, 1.807) is 6.20 Å². The van der Waals surface area contributed by atoms with E-state index in [4.69, 9.17) is 0 Å². The molecule has 2 aromatic carbocycles. The first-order chi connectivity index (χ1) is 13.6. The lowest BCUT2D eigenvalue weighted by molar-refractivity contribution is 0.0749. The minimum absolute atomic E-state index is 0.00508. The molecule has 28 heavy (non-hydrogen) atoms. The monoisotopic (exact) mass is 398 g/mol. The van der Waals surface area contributed by atoms with Crippen LogP contribution < -0.4 is 4.90 Å². The number of H-pyrrole nitrogens is 1. The third-order valence-corrected chi connectivity index (χ3v) is 6.12. The van der Waals surface area contributed by atoms with E-state index in [0.717, 1.165) is 17.0 Å². The second kappa shape index (κ2) is 6.56. The maximum atomic E-state index is 13.9. The Labute approximate surface area is 163 Å². The standard InChI is InChI=1S/C20H16F2N4OS/c21-12-9-15(22)18-17(10-12)28-20(24-18)26-7-5-25(6-8-26)19(27)14-11-23-16-4-2-1-3-13(14)16/h1-4,9-11,23H,5-8H2. The van der Waals surface area contributed by atoms with Gasteiger partial charge in [0.15, 0.2) is 10.9 Å². The number of carbonyl (C=O) groups excluding carboxylic acids is 1. The van der Waals surface area contributed by atoms with Crippen LogP contribution in [0.25, 0.3) is 21.1 Å². The number of para-hydroxylation sites is 1. The molecule has 8 heteroatoms. The molecule has 1 fully saturated rings. The van der Waals surface area contributed by atoms with Gasteiger partial charge < -0.3 is 14.8 Å². The summed E-state index contributed by atoms with van der Waals surface area (Å²) in [5.41, 5.74) is 1.80. The van der Waals surface area contributed by atoms with Crippen LogP contribution in [0.1, 0.15) is 10.4 Å². The van der Waals surface area contributed by atoms with Crippen molar-refractivity contribution in [2.75, 3.05) is 31.1 Å². The fraction of sp³-hybridized carbons (Fsp3) is 0.200. The summed E-state index contributed by atoms with van der Waals surface area (Å²) in [5, 5.41) is 1.57. The summed E-state index contributed by atoms with van der Waals surface area (Å²) in [5.74, 6) is -1.26. The van der Waals surface area contributed by atoms with Gasteiger partial charge in [0, 0.05) is 49.3 Å². The summed E-state index contributed by atoms with van der Waals surface area (Å²) in [6.07, 6.45) is 1.75. The maximum absolute atomic E-state index is 13.9. The second-order valence-electron chi connectivity index (χ2n) is 6.76. The van der Waals surface area contributed by atoms with Gasteiger partial charge in [-0.3, -0.25) is 4.79 Å². The molecule has 4 aromatic rings. The molecule has 3 heterocycles. The molecule has 0 saturated carbocycles. The molecule has 1 aliphatic rings. The number of nitrogens with zero attached hydrogens (tertiary/aromatic N) is 3. The lowest BCUT2D eigenvalue weighted by atomic mass is 10.1. The summed E-state index contributed by atoms with van der Waals surface area (Å²) in [4.78, 5) is 24.2. The van der Waals surface area contributed by atoms with Gasteiger partial charge in [-0.05, 0) is 12.1 Å². The van der Waals surface area contributed by atoms with Crippen LogP contribution >= 0.6 is 11.3 Å². The molecule has 142 valence electrons. The van der Waals surface area contributed by atoms with E-state index in [1.807, 2.05) is 34.1 Å². The van der Waals surface area contributed by atoms with Crippen molar-refractivity contribution in [2.45, 2.75) is 0 Å². The molecule has 5 nitrogen and oxygen atoms in total. The topological polar surface area (TPSA) is 52.2 Å². The van der Waals surface area contributed by atoms with E-state index in [-0.39, 0.29) is 11.4 Å². The molecule has 1 amide bonds. The van der Waals surface area contributed by atoms with Crippen molar-refractivity contribution in [2.24, 2.45) is 0 Å². The number of halogens is 2. The van der Waals surface area contributed by atoms with Crippen LogP contribution in [-0.4, -0.2) is 47.0 Å². The number of anilines is 1. The number of thiazole rings is 1. The first-order valence-electron chi connectivity index (χ1n) is 8.96. The first-order valence-corrected chi connectivity index (χ1v) is 9.78. The summed E-state index contributed by atoms with van der Waals surface area (Å²) < 4.78 is 27.8. The molecule has 0 bridgehead atoms. The van der Waals surface area contributed by atoms with Gasteiger partial charge in [-0.25, -0.2) is 13.8 Å². The van der Waals surface area contributed by atoms with Gasteiger partial charge in [-0.1, -0.05) is 29.5 Å². The van der Waals surface area contributed by atoms with Gasteiger partial charge in [0.05, 0.1) is 10.3 Å². The predicted octanol–water partition coefficient (Wildman–Crippen LogP) is 4.02. The fourth-order valence-corrected chi connectivity index (χ4v) is 4.66. The van der Waals surface area contributed by atoms with Gasteiger partial charge in [0.2, 0.25) is 0 Å². The molecular formula is C20H16F2N4OS. The van der Waals surface area contributed by atoms with Crippen molar-refractivity contribution in [1.29, 1.82) is 0 Å². The number of hydrogen-bond donors (Lipinski definition) is 1. The van der Waals surface area contributed by atoms with Gasteiger partial charge in [0.25, 0.3) is 5.91 Å². The van der Waals surface area contributed by atoms with Crippen molar-refractivity contribution in [1.82, 2.24) is 14.9 Å². The Balaban J connectivity index is 1.34. The summed E-state index contributed by atoms with van der Waals surface area (Å²) in [6, 6.07) is 9.88. The third-order valence-electron chi connectivity index (χ3n) is 5.06. The maximum Gasteiger partial charge on any atom is 0.256 e. The van der Waals surface area contributed by atoms with Gasteiger partial charge in [-0.2, -0.15) is 0 Å². The SMILES string of the molecule is O=C(c1c[nH]c2ccccc12)N1CCN(c2nc3c(F)cc(F)cc3s2)CC1. The van der Waals surface area contributed by atoms with Gasteiger partial charge in [-0.15, -0.1) is 0 Å². The van der Waals surface area contributed by atoms with Gasteiger partial charge >= 0.3 is 0 Å². The highest BCUT2D eigenvalue weighted by molar-refractivity contribution is 7.22. The first kappa shape index (κ1) is 17.1. The number of aromatic nitrogens is 2. The van der Waals surface area contributed by atoms with Crippen LogP contribution in [0.4, 0.5) is 13.9 Å². The predicted molar refractivity (Wildman–Crippen MR) is 106 cm³/mol. The Bertz CT molecular complexity index is 1190. The number of aromatic amines is 1. The number of rotatable bonds is 2. The fourth-order valence-electron chi connectivity index (χ4n) is 3.60. The van der Waals surface area contributed by atoms with Crippen LogP contribution in [0.2, 0.25) is 0 Å². The smallest absolute Gasteiger partial charge is 0.256 e. The number of hydrogen-bond acceptors (Lipinski definition) is 4. The molecule has 0 aliphatic carbocycles. The van der Waals surface area contributed by atoms with Crippen LogP contribution in [0.5, 0.6) is 0 Å². The van der Waals surface area contributed by atoms with E-state index >= 15 is 0 Å². The highest BCUT2D eigenvalue weighted by atomic mass is 32.1. The van der Waals surface area contributed by atoms with Crippen molar-refractivity contribution >= 4 is 43.5 Å². The molecule has 1 aliphatic heterocycles. The second-order valence-corrected chi connectivity index (χ2v) is 7.77. The largest absolute Gasteiger partial charge is 0.360 e. The van der Waals surface area contributed by atoms with Crippen LogP contribution in [0.3, 0.4) is 0 Å². The number of benzene rings is 2. The molecule has 0 radical (unpaired) electrons. The quantitative estimate of drug-likeness (QED) is 0.555. The van der Waals surface area contributed by atoms with E-state index < -0.39 is 11.6 Å². The Morgan fingerprint density at radius 2 is 1.89 bits per heavy atom. The minimum atomic E-state index is -0.648. The van der Waals surface area contributed by atoms with E-state index in [1.165, 1.54) is 17.4 Å². The Kier molecular flexibility index (Phi) is 4.01. The molecule has 2 aromatic heterocycles. The zero-order chi connectivity index (χ0) is 19.3. The molecule has 5 rings (SSSR count). The molecular weight excluding hydrogens is 382 g/mol. The third kappa shape index (κ3) is 2.80. The molecule has 0 atom stereocenters. The lowest BCUT2D eigenvalue weighted by Crippen LogP contribution is -2.48. The minimum Gasteiger partial charge on any atom is -0.360 e. The zero-order valence-electron chi connectivity index (χ0n) is 14.8. The molecule has 1 N–H and O–H groups in total. The van der Waals surface area contributed by atoms with Crippen molar-refractivity contribution in [3.8, 4) is 0 Å². The highest BCUT2D eigenvalue weighted by Crippen LogP contribution is 2.31. The van der Waals surface area contributed by atoms with Crippen molar-refractivity contribution in [3.63, 3.8) is 0 Å². The Morgan fingerprint density at radius 3 is 2.71 bits per heavy atom. The Morgan fingerprint density at radius 1 is 1.11 bits per heavy atom. The average Bonchev–Trinajstić information content (AvgIpc) is 3.32. The average molecular weight is 398 g/mol. The molecule has 1 saturated heterocycles. The molecule has 0 spiro atoms. The van der Waals surface area contributed by atoms with E-state index in [0.29, 0.717) is 41.6 Å². The summed E-state index contributed by atoms with van der Waals surface area (Å²) >= 11 is 1.27. The van der Waals surface area contributed by atoms with Crippen LogP contribution in [0, 0.1) is 11.6 Å². The normalized spacial score (nSPS) is 14.9. The zero-order valence-corrected chi connectivity index (χ0v) is 15.6. The Hall–Kier alpha value is -3.00. The lowest BCUT2D eigenvalue weighted by Gasteiger charge is -2.34. The van der Waals surface area contributed by atoms with Crippen LogP contribution in [0.15, 0.2) is 42.6 Å².